The molecule has 0 unspecified atom stereocenters. The number of hydrogen-bond acceptors (Lipinski definition) is 6. The molecule has 0 radical (unpaired) electrons. The molecule has 0 saturated carbocycles. The van der Waals surface area contributed by atoms with Crippen LogP contribution in [0, 0.1) is 0 Å². The van der Waals surface area contributed by atoms with E-state index in [2.05, 4.69) is 19.9 Å². The smallest absolute Gasteiger partial charge is 0.220 e. The summed E-state index contributed by atoms with van der Waals surface area (Å²) in [6, 6.07) is 15.2. The van der Waals surface area contributed by atoms with Crippen LogP contribution in [0.25, 0.3) is 22.3 Å². The molecular weight excluding hydrogens is 330 g/mol. The van der Waals surface area contributed by atoms with E-state index >= 15 is 0 Å². The van der Waals surface area contributed by atoms with Crippen molar-refractivity contribution in [2.24, 2.45) is 0 Å². The van der Waals surface area contributed by atoms with Crippen LogP contribution in [0.4, 0.5) is 5.95 Å². The van der Waals surface area contributed by atoms with Gasteiger partial charge in [0, 0.05) is 11.8 Å². The van der Waals surface area contributed by atoms with Gasteiger partial charge in [-0.2, -0.15) is 0 Å². The van der Waals surface area contributed by atoms with E-state index in [4.69, 9.17) is 15.2 Å². The summed E-state index contributed by atoms with van der Waals surface area (Å²) in [6.07, 6.45) is 1.64. The van der Waals surface area contributed by atoms with Crippen LogP contribution in [-0.2, 0) is 6.61 Å². The Hall–Kier alpha value is -3.61. The summed E-state index contributed by atoms with van der Waals surface area (Å²) in [4.78, 5) is 16.0. The fourth-order valence-electron chi connectivity index (χ4n) is 2.71. The van der Waals surface area contributed by atoms with Crippen LogP contribution in [-0.4, -0.2) is 27.0 Å². The highest BCUT2D eigenvalue weighted by Crippen LogP contribution is 2.27. The lowest BCUT2D eigenvalue weighted by Crippen LogP contribution is -1.99. The predicted octanol–water partition coefficient (Wildman–Crippen LogP) is 3.19. The van der Waals surface area contributed by atoms with Gasteiger partial charge in [0.1, 0.15) is 12.4 Å². The van der Waals surface area contributed by atoms with E-state index in [-0.39, 0.29) is 5.95 Å². The largest absolute Gasteiger partial charge is 0.493 e. The molecule has 0 aliphatic rings. The number of nitrogen functional groups attached to an aromatic ring is 1. The summed E-state index contributed by atoms with van der Waals surface area (Å²) in [6.45, 7) is 0.310. The summed E-state index contributed by atoms with van der Waals surface area (Å²) in [5.41, 5.74) is 9.12. The third-order valence-corrected chi connectivity index (χ3v) is 3.93. The van der Waals surface area contributed by atoms with Gasteiger partial charge in [-0.25, -0.2) is 15.0 Å². The molecule has 2 heterocycles. The lowest BCUT2D eigenvalue weighted by molar-refractivity contribution is 0.277. The fourth-order valence-corrected chi connectivity index (χ4v) is 2.71. The summed E-state index contributed by atoms with van der Waals surface area (Å²) in [5.74, 6) is 2.34. The topological polar surface area (TPSA) is 98.9 Å². The van der Waals surface area contributed by atoms with E-state index < -0.39 is 0 Å². The first-order chi connectivity index (χ1) is 12.7. The number of hydrogen-bond donors (Lipinski definition) is 2. The molecule has 2 aromatic carbocycles. The molecule has 2 aromatic heterocycles. The van der Waals surface area contributed by atoms with E-state index in [1.54, 1.807) is 13.3 Å². The zero-order valence-corrected chi connectivity index (χ0v) is 14.1. The Bertz CT molecular complexity index is 1060. The zero-order chi connectivity index (χ0) is 17.9. The molecule has 130 valence electrons. The van der Waals surface area contributed by atoms with Gasteiger partial charge in [0.15, 0.2) is 11.5 Å². The number of para-hydroxylation sites is 2. The van der Waals surface area contributed by atoms with Crippen LogP contribution in [0.5, 0.6) is 11.5 Å². The molecule has 3 N–H and O–H groups in total. The van der Waals surface area contributed by atoms with Gasteiger partial charge >= 0.3 is 0 Å². The number of nitrogens with one attached hydrogen (secondary N) is 1. The van der Waals surface area contributed by atoms with Crippen molar-refractivity contribution in [2.75, 3.05) is 12.8 Å². The van der Waals surface area contributed by atoms with Gasteiger partial charge in [-0.3, -0.25) is 0 Å². The van der Waals surface area contributed by atoms with Gasteiger partial charge in [-0.15, -0.1) is 0 Å². The van der Waals surface area contributed by atoms with Crippen molar-refractivity contribution in [3.63, 3.8) is 0 Å². The number of methoxy groups -OCH3 is 1. The van der Waals surface area contributed by atoms with Crippen molar-refractivity contribution >= 4 is 17.0 Å². The van der Waals surface area contributed by atoms with Crippen LogP contribution in [0.15, 0.2) is 54.7 Å². The lowest BCUT2D eigenvalue weighted by atomic mass is 10.1. The number of fused-ring (bicyclic) bond motifs is 1. The summed E-state index contributed by atoms with van der Waals surface area (Å²) >= 11 is 0. The van der Waals surface area contributed by atoms with Crippen LogP contribution < -0.4 is 15.2 Å². The monoisotopic (exact) mass is 347 g/mol. The number of aromatic nitrogens is 4. The predicted molar refractivity (Wildman–Crippen MR) is 98.9 cm³/mol. The van der Waals surface area contributed by atoms with Crippen molar-refractivity contribution in [2.45, 2.75) is 6.61 Å². The van der Waals surface area contributed by atoms with E-state index in [9.17, 15) is 0 Å². The molecule has 7 heteroatoms. The average molecular weight is 347 g/mol. The van der Waals surface area contributed by atoms with Crippen LogP contribution in [0.2, 0.25) is 0 Å². The Balaban J connectivity index is 1.58. The summed E-state index contributed by atoms with van der Waals surface area (Å²) < 4.78 is 11.1. The first-order valence-corrected chi connectivity index (χ1v) is 8.06. The zero-order valence-electron chi connectivity index (χ0n) is 14.1. The third-order valence-electron chi connectivity index (χ3n) is 3.93. The van der Waals surface area contributed by atoms with Gasteiger partial charge in [0.25, 0.3) is 0 Å². The maximum Gasteiger partial charge on any atom is 0.220 e. The third kappa shape index (κ3) is 3.14. The molecule has 7 nitrogen and oxygen atoms in total. The first-order valence-electron chi connectivity index (χ1n) is 8.06. The lowest BCUT2D eigenvalue weighted by Gasteiger charge is -2.08. The highest BCUT2D eigenvalue weighted by Gasteiger charge is 2.08. The minimum absolute atomic E-state index is 0.248. The van der Waals surface area contributed by atoms with Gasteiger partial charge in [0.2, 0.25) is 5.95 Å². The summed E-state index contributed by atoms with van der Waals surface area (Å²) in [5, 5.41) is 0. The molecule has 0 aliphatic heterocycles. The number of ether oxygens (including phenoxy) is 2. The van der Waals surface area contributed by atoms with Gasteiger partial charge in [-0.1, -0.05) is 18.2 Å². The first kappa shape index (κ1) is 15.9. The second kappa shape index (κ2) is 6.72. The molecule has 0 spiro atoms. The molecule has 26 heavy (non-hydrogen) atoms. The standard InChI is InChI=1S/C19H17N5O2/c1-25-16-4-2-3-5-17(16)26-11-18-22-14-7-6-12(10-15(14)23-18)13-8-9-21-19(20)24-13/h2-10H,11H2,1H3,(H,22,23)(H2,20,21,24). The Morgan fingerprint density at radius 2 is 1.88 bits per heavy atom. The number of imidazole rings is 1. The molecule has 0 atom stereocenters. The number of H-pyrrole nitrogens is 1. The number of aromatic amines is 1. The molecule has 0 aliphatic carbocycles. The second-order valence-electron chi connectivity index (χ2n) is 5.66. The normalized spacial score (nSPS) is 10.8. The number of benzene rings is 2. The second-order valence-corrected chi connectivity index (χ2v) is 5.66. The van der Waals surface area contributed by atoms with E-state index in [0.717, 1.165) is 28.1 Å². The van der Waals surface area contributed by atoms with Crippen molar-refractivity contribution < 1.29 is 9.47 Å². The number of anilines is 1. The SMILES string of the molecule is COc1ccccc1OCc1nc2ccc(-c3ccnc(N)n3)cc2[nH]1. The molecular formula is C19H17N5O2. The van der Waals surface area contributed by atoms with Crippen LogP contribution in [0.1, 0.15) is 5.82 Å². The highest BCUT2D eigenvalue weighted by molar-refractivity contribution is 5.81. The Kier molecular flexibility index (Phi) is 4.10. The minimum atomic E-state index is 0.248. The summed E-state index contributed by atoms with van der Waals surface area (Å²) in [7, 11) is 1.62. The van der Waals surface area contributed by atoms with Crippen molar-refractivity contribution in [3.05, 3.63) is 60.6 Å². The molecule has 4 aromatic rings. The van der Waals surface area contributed by atoms with Crippen LogP contribution in [0.3, 0.4) is 0 Å². The molecule has 4 rings (SSSR count). The molecule has 0 saturated heterocycles. The molecule has 0 amide bonds. The fraction of sp³-hybridized carbons (Fsp3) is 0.105. The van der Waals surface area contributed by atoms with Crippen molar-refractivity contribution in [3.8, 4) is 22.8 Å². The number of nitrogens with two attached hydrogens (primary N) is 1. The number of rotatable bonds is 5. The van der Waals surface area contributed by atoms with E-state index in [1.807, 2.05) is 48.5 Å². The van der Waals surface area contributed by atoms with Gasteiger partial charge < -0.3 is 20.2 Å². The maximum atomic E-state index is 5.82. The number of nitrogens with zero attached hydrogens (tertiary/aromatic N) is 3. The van der Waals surface area contributed by atoms with Gasteiger partial charge in [0.05, 0.1) is 23.8 Å². The van der Waals surface area contributed by atoms with Crippen molar-refractivity contribution in [1.29, 1.82) is 0 Å². The van der Waals surface area contributed by atoms with Gasteiger partial charge in [-0.05, 0) is 30.3 Å². The Morgan fingerprint density at radius 1 is 1.04 bits per heavy atom. The Morgan fingerprint density at radius 3 is 2.69 bits per heavy atom. The van der Waals surface area contributed by atoms with Crippen LogP contribution >= 0.6 is 0 Å². The van der Waals surface area contributed by atoms with E-state index in [1.165, 1.54) is 0 Å². The molecule has 0 fully saturated rings. The minimum Gasteiger partial charge on any atom is -0.493 e. The maximum absolute atomic E-state index is 5.82. The quantitative estimate of drug-likeness (QED) is 0.575. The van der Waals surface area contributed by atoms with Crippen molar-refractivity contribution in [1.82, 2.24) is 19.9 Å². The molecule has 0 bridgehead atoms. The highest BCUT2D eigenvalue weighted by atomic mass is 16.5. The average Bonchev–Trinajstić information content (AvgIpc) is 3.08. The van der Waals surface area contributed by atoms with E-state index in [0.29, 0.717) is 18.1 Å². The Labute approximate surface area is 149 Å².